The van der Waals surface area contributed by atoms with Crippen LogP contribution >= 0.6 is 0 Å². The molecular formula is C36H43F2N7O3. The third-order valence-electron chi connectivity index (χ3n) is 11.3. The number of imidazole rings is 1. The van der Waals surface area contributed by atoms with Gasteiger partial charge < -0.3 is 29.8 Å². The van der Waals surface area contributed by atoms with Crippen molar-refractivity contribution in [1.29, 1.82) is 0 Å². The third-order valence-corrected chi connectivity index (χ3v) is 11.3. The number of carbonyl (C=O) groups excluding carboxylic acids is 2. The first-order valence-corrected chi connectivity index (χ1v) is 17.1. The second kappa shape index (κ2) is 11.0. The van der Waals surface area contributed by atoms with E-state index >= 15 is 0 Å². The number of likely N-dealkylation sites (tertiary alicyclic amines) is 1. The number of halogens is 2. The van der Waals surface area contributed by atoms with Crippen LogP contribution in [0.3, 0.4) is 0 Å². The van der Waals surface area contributed by atoms with Crippen molar-refractivity contribution in [1.82, 2.24) is 29.3 Å². The summed E-state index contributed by atoms with van der Waals surface area (Å²) in [5, 5.41) is 3.86. The monoisotopic (exact) mass is 659 g/mol. The average Bonchev–Trinajstić information content (AvgIpc) is 3.50. The Morgan fingerprint density at radius 1 is 1.12 bits per heavy atom. The quantitative estimate of drug-likeness (QED) is 0.255. The minimum atomic E-state index is -2.79. The van der Waals surface area contributed by atoms with E-state index in [1.165, 1.54) is 0 Å². The van der Waals surface area contributed by atoms with Crippen LogP contribution in [0, 0.1) is 17.3 Å². The van der Waals surface area contributed by atoms with Gasteiger partial charge in [-0.15, -0.1) is 0 Å². The Labute approximate surface area is 278 Å². The molecule has 12 heteroatoms. The van der Waals surface area contributed by atoms with Gasteiger partial charge in [-0.3, -0.25) is 9.59 Å². The largest absolute Gasteiger partial charge is 0.494 e. The summed E-state index contributed by atoms with van der Waals surface area (Å²) in [6.07, 6.45) is 4.42. The van der Waals surface area contributed by atoms with Gasteiger partial charge in [-0.05, 0) is 81.2 Å². The number of fused-ring (bicyclic) bond motifs is 4. The molecule has 4 atom stereocenters. The van der Waals surface area contributed by atoms with Gasteiger partial charge in [0.25, 0.3) is 5.91 Å². The summed E-state index contributed by atoms with van der Waals surface area (Å²) >= 11 is 0. The van der Waals surface area contributed by atoms with Crippen LogP contribution < -0.4 is 15.8 Å². The number of hydrogen-bond acceptors (Lipinski definition) is 6. The van der Waals surface area contributed by atoms with Crippen LogP contribution in [0.2, 0.25) is 0 Å². The first-order chi connectivity index (χ1) is 22.8. The van der Waals surface area contributed by atoms with Gasteiger partial charge in [0.1, 0.15) is 16.9 Å². The molecule has 4 aliphatic rings. The van der Waals surface area contributed by atoms with Crippen molar-refractivity contribution in [2.75, 3.05) is 13.7 Å². The number of alkyl halides is 2. The summed E-state index contributed by atoms with van der Waals surface area (Å²) in [5.41, 5.74) is 9.71. The zero-order chi connectivity index (χ0) is 33.7. The highest BCUT2D eigenvalue weighted by molar-refractivity contribution is 6.00. The van der Waals surface area contributed by atoms with Crippen LogP contribution in [-0.2, 0) is 18.4 Å². The molecule has 3 N–H and O–H groups in total. The van der Waals surface area contributed by atoms with Gasteiger partial charge in [0.05, 0.1) is 35.5 Å². The van der Waals surface area contributed by atoms with Gasteiger partial charge in [-0.1, -0.05) is 6.92 Å². The van der Waals surface area contributed by atoms with Crippen molar-refractivity contribution in [3.8, 4) is 17.3 Å². The lowest BCUT2D eigenvalue weighted by Crippen LogP contribution is -2.53. The number of ether oxygens (including phenoxy) is 1. The van der Waals surface area contributed by atoms with Crippen LogP contribution in [0.1, 0.15) is 80.9 Å². The number of hydrogen-bond donors (Lipinski definition) is 2. The van der Waals surface area contributed by atoms with E-state index in [0.717, 1.165) is 66.7 Å². The van der Waals surface area contributed by atoms with Gasteiger partial charge in [0.2, 0.25) is 11.8 Å². The number of nitrogens with one attached hydrogen (secondary N) is 1. The molecule has 3 aliphatic carbocycles. The van der Waals surface area contributed by atoms with E-state index in [0.29, 0.717) is 40.9 Å². The highest BCUT2D eigenvalue weighted by Gasteiger charge is 2.57. The zero-order valence-electron chi connectivity index (χ0n) is 27.9. The molecule has 3 aromatic heterocycles. The summed E-state index contributed by atoms with van der Waals surface area (Å²) in [6, 6.07) is 9.40. The maximum absolute atomic E-state index is 13.9. The van der Waals surface area contributed by atoms with Gasteiger partial charge in [0.15, 0.2) is 5.82 Å². The van der Waals surface area contributed by atoms with E-state index in [9.17, 15) is 18.4 Å². The zero-order valence-corrected chi connectivity index (χ0v) is 27.9. The molecule has 0 radical (unpaired) electrons. The highest BCUT2D eigenvalue weighted by atomic mass is 19.3. The van der Waals surface area contributed by atoms with Gasteiger partial charge in [-0.25, -0.2) is 18.7 Å². The maximum Gasteiger partial charge on any atom is 0.254 e. The molecule has 1 aliphatic heterocycles. The third kappa shape index (κ3) is 5.14. The van der Waals surface area contributed by atoms with E-state index < -0.39 is 30.2 Å². The topological polar surface area (TPSA) is 120 Å². The smallest absolute Gasteiger partial charge is 0.254 e. The standard InChI is InChI=1S/C36H43F2N7O3/c1-19(40-34(47)35(2)17-36(37,38)18-35)26-10-8-22-13-28(45(31(22)41-26)15-20-5-6-20)32-42-27-12-23(14-29(48-4)30(27)43(32)3)33(46)44-16-25(39)21-7-9-24(44)11-21/h8,10,12-14,19-21,24-25H,5-7,9,11,15-18,39H2,1-4H3,(H,40,47)/t19-,21-,24+,25+/m1/s1. The van der Waals surface area contributed by atoms with Crippen molar-refractivity contribution in [3.05, 3.63) is 41.6 Å². The van der Waals surface area contributed by atoms with E-state index in [2.05, 4.69) is 16.0 Å². The fraction of sp³-hybridized carbons (Fsp3) is 0.556. The molecule has 2 bridgehead atoms. The number of pyridine rings is 1. The van der Waals surface area contributed by atoms with E-state index in [1.807, 2.05) is 47.7 Å². The van der Waals surface area contributed by atoms with Crippen molar-refractivity contribution >= 4 is 33.9 Å². The second-order valence-electron chi connectivity index (χ2n) is 15.1. The number of piperidine rings is 1. The Kier molecular flexibility index (Phi) is 7.14. The second-order valence-corrected chi connectivity index (χ2v) is 15.1. The molecule has 4 aromatic rings. The summed E-state index contributed by atoms with van der Waals surface area (Å²) in [4.78, 5) is 38.9. The van der Waals surface area contributed by atoms with Gasteiger partial charge >= 0.3 is 0 Å². The van der Waals surface area contributed by atoms with E-state index in [-0.39, 0.29) is 23.9 Å². The maximum atomic E-state index is 13.9. The molecule has 4 fully saturated rings. The van der Waals surface area contributed by atoms with Crippen molar-refractivity contribution in [3.63, 3.8) is 0 Å². The molecule has 3 saturated carbocycles. The Morgan fingerprint density at radius 2 is 1.90 bits per heavy atom. The number of benzene rings is 1. The minimum absolute atomic E-state index is 0.000557. The fourth-order valence-electron chi connectivity index (χ4n) is 8.43. The molecule has 8 rings (SSSR count). The lowest BCUT2D eigenvalue weighted by molar-refractivity contribution is -0.175. The van der Waals surface area contributed by atoms with Crippen LogP contribution in [0.4, 0.5) is 8.78 Å². The number of rotatable bonds is 8. The number of aromatic nitrogens is 4. The molecule has 254 valence electrons. The Hall–Kier alpha value is -4.06. The number of methoxy groups -OCH3 is 1. The molecule has 10 nitrogen and oxygen atoms in total. The fourth-order valence-corrected chi connectivity index (χ4v) is 8.43. The number of aryl methyl sites for hydroxylation is 1. The first-order valence-electron chi connectivity index (χ1n) is 17.1. The Morgan fingerprint density at radius 3 is 2.60 bits per heavy atom. The van der Waals surface area contributed by atoms with Crippen LogP contribution in [0.25, 0.3) is 33.6 Å². The molecule has 0 spiro atoms. The Bertz CT molecular complexity index is 1960. The molecule has 0 unspecified atom stereocenters. The predicted molar refractivity (Wildman–Crippen MR) is 178 cm³/mol. The molecule has 2 amide bonds. The number of nitrogens with zero attached hydrogens (tertiary/aromatic N) is 5. The lowest BCUT2D eigenvalue weighted by atomic mass is 9.67. The van der Waals surface area contributed by atoms with Crippen LogP contribution in [0.5, 0.6) is 5.75 Å². The normalized spacial score (nSPS) is 24.9. The molecule has 48 heavy (non-hydrogen) atoms. The number of amides is 2. The lowest BCUT2D eigenvalue weighted by Gasteiger charge is -2.43. The Balaban J connectivity index is 1.15. The van der Waals surface area contributed by atoms with Crippen molar-refractivity contribution in [2.45, 2.75) is 89.4 Å². The SMILES string of the molecule is COc1cc(C(=O)N2C[C@H](N)[C@@H]3CC[C@H]2C3)cc2nc(-c3cc4ccc([C@@H](C)NC(=O)C5(C)CC(F)(F)C5)nc4n3CC3CC3)n(C)c12. The molecule has 1 saturated heterocycles. The average molecular weight is 660 g/mol. The summed E-state index contributed by atoms with van der Waals surface area (Å²) in [5.74, 6) is -0.868. The number of carbonyl (C=O) groups is 2. The molecule has 1 aromatic carbocycles. The van der Waals surface area contributed by atoms with E-state index in [4.69, 9.17) is 20.4 Å². The van der Waals surface area contributed by atoms with Gasteiger partial charge in [0, 0.05) is 56.0 Å². The van der Waals surface area contributed by atoms with Crippen molar-refractivity contribution < 1.29 is 23.1 Å². The van der Waals surface area contributed by atoms with Crippen LogP contribution in [0.15, 0.2) is 30.3 Å². The molecule has 4 heterocycles. The van der Waals surface area contributed by atoms with E-state index in [1.54, 1.807) is 14.0 Å². The summed E-state index contributed by atoms with van der Waals surface area (Å²) in [6.45, 7) is 4.76. The number of nitrogens with two attached hydrogens (primary N) is 1. The molecular weight excluding hydrogens is 616 g/mol. The summed E-state index contributed by atoms with van der Waals surface area (Å²) < 4.78 is 37.3. The van der Waals surface area contributed by atoms with Crippen LogP contribution in [-0.4, -0.2) is 67.5 Å². The van der Waals surface area contributed by atoms with Crippen molar-refractivity contribution in [2.24, 2.45) is 30.0 Å². The first kappa shape index (κ1) is 31.2. The minimum Gasteiger partial charge on any atom is -0.494 e. The highest BCUT2D eigenvalue weighted by Crippen LogP contribution is 2.52. The van der Waals surface area contributed by atoms with Gasteiger partial charge in [-0.2, -0.15) is 0 Å². The summed E-state index contributed by atoms with van der Waals surface area (Å²) in [7, 11) is 3.57. The predicted octanol–water partition coefficient (Wildman–Crippen LogP) is 5.57.